The van der Waals surface area contributed by atoms with E-state index < -0.39 is 0 Å². The largest absolute Gasteiger partial charge is 0.108 e. The predicted octanol–water partition coefficient (Wildman–Crippen LogP) is 4.36. The molecule has 0 bridgehead atoms. The monoisotopic (exact) mass is 198 g/mol. The van der Waals surface area contributed by atoms with Gasteiger partial charge in [0.05, 0.1) is 0 Å². The van der Waals surface area contributed by atoms with Gasteiger partial charge in [0.1, 0.15) is 0 Å². The van der Waals surface area contributed by atoms with Gasteiger partial charge in [0.15, 0.2) is 0 Å². The van der Waals surface area contributed by atoms with Gasteiger partial charge in [-0.1, -0.05) is 45.8 Å². The molecule has 0 aromatic rings. The van der Waals surface area contributed by atoms with E-state index in [1.54, 1.807) is 8.20 Å². The molecule has 0 N–H and O–H groups in total. The van der Waals surface area contributed by atoms with Crippen molar-refractivity contribution in [2.75, 3.05) is 6.16 Å². The second-order valence-electron chi connectivity index (χ2n) is 5.10. The Hall–Kier alpha value is 0.170. The van der Waals surface area contributed by atoms with Crippen LogP contribution in [0.1, 0.15) is 52.9 Å². The standard InChI is InChI=1S/C12H23P/c1-11(2)9-13-10-12(3)7-5-4-6-8-12/h10-11H,4-9H2,1-3H3. The van der Waals surface area contributed by atoms with Gasteiger partial charge in [-0.05, 0) is 30.3 Å². The molecule has 0 spiro atoms. The second-order valence-corrected chi connectivity index (χ2v) is 6.09. The summed E-state index contributed by atoms with van der Waals surface area (Å²) in [6.45, 7) is 7.06. The van der Waals surface area contributed by atoms with Crippen molar-refractivity contribution in [3.63, 3.8) is 0 Å². The molecule has 0 radical (unpaired) electrons. The minimum absolute atomic E-state index is 0.578. The van der Waals surface area contributed by atoms with Crippen molar-refractivity contribution in [1.29, 1.82) is 0 Å². The van der Waals surface area contributed by atoms with Crippen molar-refractivity contribution in [2.45, 2.75) is 52.9 Å². The summed E-state index contributed by atoms with van der Waals surface area (Å²) < 4.78 is 0. The highest BCUT2D eigenvalue weighted by Gasteiger charge is 2.23. The summed E-state index contributed by atoms with van der Waals surface area (Å²) in [7, 11) is 1.57. The van der Waals surface area contributed by atoms with Crippen LogP contribution in [0.3, 0.4) is 0 Å². The molecule has 1 fully saturated rings. The molecule has 0 heterocycles. The van der Waals surface area contributed by atoms with Crippen molar-refractivity contribution in [2.24, 2.45) is 11.3 Å². The Bertz CT molecular complexity index is 164. The fourth-order valence-electron chi connectivity index (χ4n) is 1.97. The Morgan fingerprint density at radius 2 is 1.85 bits per heavy atom. The number of hydrogen-bond donors (Lipinski definition) is 0. The van der Waals surface area contributed by atoms with Gasteiger partial charge in [-0.15, -0.1) is 8.20 Å². The van der Waals surface area contributed by atoms with E-state index in [0.717, 1.165) is 5.92 Å². The molecular formula is C12H23P. The van der Waals surface area contributed by atoms with E-state index >= 15 is 0 Å². The first-order valence-corrected chi connectivity index (χ1v) is 6.78. The summed E-state index contributed by atoms with van der Waals surface area (Å²) in [5, 5.41) is 0. The zero-order valence-electron chi connectivity index (χ0n) is 9.34. The molecule has 0 aromatic carbocycles. The Kier molecular flexibility index (Phi) is 4.46. The van der Waals surface area contributed by atoms with Gasteiger partial charge in [0, 0.05) is 0 Å². The molecule has 1 aliphatic carbocycles. The maximum absolute atomic E-state index is 2.58. The van der Waals surface area contributed by atoms with Gasteiger partial charge < -0.3 is 0 Å². The molecular weight excluding hydrogens is 175 g/mol. The van der Waals surface area contributed by atoms with Crippen molar-refractivity contribution < 1.29 is 0 Å². The zero-order valence-corrected chi connectivity index (χ0v) is 10.2. The van der Waals surface area contributed by atoms with Crippen LogP contribution in [0.2, 0.25) is 0 Å². The summed E-state index contributed by atoms with van der Waals surface area (Å²) in [5.41, 5.74) is 0.578. The lowest BCUT2D eigenvalue weighted by molar-refractivity contribution is 0.322. The van der Waals surface area contributed by atoms with Crippen LogP contribution in [0.15, 0.2) is 0 Å². The Morgan fingerprint density at radius 1 is 1.23 bits per heavy atom. The quantitative estimate of drug-likeness (QED) is 0.591. The van der Waals surface area contributed by atoms with E-state index in [9.17, 15) is 0 Å². The topological polar surface area (TPSA) is 0 Å². The smallest absolute Gasteiger partial charge is 0.00860 e. The van der Waals surface area contributed by atoms with Crippen molar-refractivity contribution in [3.8, 4) is 0 Å². The minimum Gasteiger partial charge on any atom is -0.108 e. The maximum Gasteiger partial charge on any atom is -0.00860 e. The molecule has 0 unspecified atom stereocenters. The average molecular weight is 198 g/mol. The SMILES string of the molecule is CC(C)CP=CC1(C)CCCCC1. The molecule has 1 rings (SSSR count). The van der Waals surface area contributed by atoms with Gasteiger partial charge in [-0.3, -0.25) is 0 Å². The van der Waals surface area contributed by atoms with Crippen LogP contribution in [0.5, 0.6) is 0 Å². The second kappa shape index (κ2) is 5.15. The third-order valence-electron chi connectivity index (χ3n) is 2.87. The van der Waals surface area contributed by atoms with Gasteiger partial charge in [-0.25, -0.2) is 0 Å². The average Bonchev–Trinajstić information content (AvgIpc) is 2.04. The van der Waals surface area contributed by atoms with E-state index in [-0.39, 0.29) is 0 Å². The van der Waals surface area contributed by atoms with E-state index in [4.69, 9.17) is 0 Å². The van der Waals surface area contributed by atoms with Gasteiger partial charge in [-0.2, -0.15) is 0 Å². The molecule has 1 heteroatoms. The Morgan fingerprint density at radius 3 is 2.38 bits per heavy atom. The van der Waals surface area contributed by atoms with Crippen LogP contribution in [0.4, 0.5) is 0 Å². The number of hydrogen-bond acceptors (Lipinski definition) is 0. The van der Waals surface area contributed by atoms with Crippen LogP contribution in [0, 0.1) is 11.3 Å². The van der Waals surface area contributed by atoms with Crippen molar-refractivity contribution >= 4 is 14.0 Å². The molecule has 76 valence electrons. The van der Waals surface area contributed by atoms with Crippen LogP contribution in [0.25, 0.3) is 0 Å². The van der Waals surface area contributed by atoms with Crippen molar-refractivity contribution in [1.82, 2.24) is 0 Å². The molecule has 13 heavy (non-hydrogen) atoms. The van der Waals surface area contributed by atoms with E-state index in [0.29, 0.717) is 5.41 Å². The first-order valence-electron chi connectivity index (χ1n) is 5.63. The maximum atomic E-state index is 2.58. The molecule has 0 amide bonds. The summed E-state index contributed by atoms with van der Waals surface area (Å²) in [6, 6.07) is 0. The summed E-state index contributed by atoms with van der Waals surface area (Å²) in [5.74, 6) is 3.43. The lowest BCUT2D eigenvalue weighted by Crippen LogP contribution is -2.20. The van der Waals surface area contributed by atoms with Crippen LogP contribution < -0.4 is 0 Å². The van der Waals surface area contributed by atoms with Crippen LogP contribution in [-0.2, 0) is 0 Å². The van der Waals surface area contributed by atoms with E-state index in [2.05, 4.69) is 26.6 Å². The molecule has 0 aliphatic heterocycles. The van der Waals surface area contributed by atoms with Crippen LogP contribution in [-0.4, -0.2) is 12.0 Å². The molecule has 0 saturated heterocycles. The van der Waals surface area contributed by atoms with E-state index in [1.165, 1.54) is 38.3 Å². The third-order valence-corrected chi connectivity index (χ3v) is 4.62. The predicted molar refractivity (Wildman–Crippen MR) is 63.9 cm³/mol. The highest BCUT2D eigenvalue weighted by Crippen LogP contribution is 2.35. The zero-order chi connectivity index (χ0) is 9.73. The Labute approximate surface area is 84.9 Å². The molecule has 0 atom stereocenters. The lowest BCUT2D eigenvalue weighted by Gasteiger charge is -2.30. The fourth-order valence-corrected chi connectivity index (χ4v) is 3.20. The summed E-state index contributed by atoms with van der Waals surface area (Å²) in [4.78, 5) is 0. The molecule has 1 aliphatic rings. The highest BCUT2D eigenvalue weighted by molar-refractivity contribution is 7.38. The first-order chi connectivity index (χ1) is 6.12. The first kappa shape index (κ1) is 11.2. The highest BCUT2D eigenvalue weighted by atomic mass is 31.1. The van der Waals surface area contributed by atoms with Gasteiger partial charge in [0.2, 0.25) is 0 Å². The van der Waals surface area contributed by atoms with E-state index in [1.807, 2.05) is 0 Å². The molecule has 1 saturated carbocycles. The Balaban J connectivity index is 2.36. The summed E-state index contributed by atoms with van der Waals surface area (Å²) >= 11 is 0. The normalized spacial score (nSPS) is 22.8. The van der Waals surface area contributed by atoms with Crippen LogP contribution >= 0.6 is 8.20 Å². The molecule has 0 nitrogen and oxygen atoms in total. The minimum atomic E-state index is 0.578. The number of rotatable bonds is 3. The van der Waals surface area contributed by atoms with Gasteiger partial charge in [0.25, 0.3) is 0 Å². The lowest BCUT2D eigenvalue weighted by atomic mass is 9.77. The molecule has 0 aromatic heterocycles. The fraction of sp³-hybridized carbons (Fsp3) is 0.917. The van der Waals surface area contributed by atoms with Crippen molar-refractivity contribution in [3.05, 3.63) is 0 Å². The third kappa shape index (κ3) is 4.27. The summed E-state index contributed by atoms with van der Waals surface area (Å²) in [6.07, 6.45) is 8.56. The van der Waals surface area contributed by atoms with Gasteiger partial charge >= 0.3 is 0 Å².